The van der Waals surface area contributed by atoms with Gasteiger partial charge in [-0.15, -0.1) is 0 Å². The van der Waals surface area contributed by atoms with Crippen molar-refractivity contribution in [1.29, 1.82) is 0 Å². The summed E-state index contributed by atoms with van der Waals surface area (Å²) in [7, 11) is 1.37. The third kappa shape index (κ3) is 2.85. The van der Waals surface area contributed by atoms with Gasteiger partial charge in [0.25, 0.3) is 0 Å². The predicted octanol–water partition coefficient (Wildman–Crippen LogP) is 0.00580. The summed E-state index contributed by atoms with van der Waals surface area (Å²) in [5, 5.41) is 3.83. The molecule has 100 valence electrons. The lowest BCUT2D eigenvalue weighted by Gasteiger charge is -2.32. The van der Waals surface area contributed by atoms with Crippen LogP contribution in [0, 0.1) is 0 Å². The zero-order chi connectivity index (χ0) is 13.0. The van der Waals surface area contributed by atoms with Crippen LogP contribution in [0.5, 0.6) is 0 Å². The first-order valence-corrected chi connectivity index (χ1v) is 5.95. The van der Waals surface area contributed by atoms with Gasteiger partial charge in [0, 0.05) is 13.0 Å². The van der Waals surface area contributed by atoms with Crippen molar-refractivity contribution < 1.29 is 18.8 Å². The van der Waals surface area contributed by atoms with Gasteiger partial charge in [0.1, 0.15) is 6.04 Å². The van der Waals surface area contributed by atoms with E-state index < -0.39 is 6.04 Å². The number of methoxy groups -OCH3 is 1. The summed E-state index contributed by atoms with van der Waals surface area (Å²) in [5.74, 6) is 0.889. The number of hydrogen-bond donors (Lipinski definition) is 0. The fourth-order valence-corrected chi connectivity index (χ4v) is 1.85. The average Bonchev–Trinajstić information content (AvgIpc) is 2.86. The molecule has 1 unspecified atom stereocenters. The van der Waals surface area contributed by atoms with Crippen LogP contribution in [0.1, 0.15) is 18.6 Å². The average molecular weight is 255 g/mol. The fourth-order valence-electron chi connectivity index (χ4n) is 1.85. The van der Waals surface area contributed by atoms with E-state index in [1.807, 2.05) is 11.8 Å². The van der Waals surface area contributed by atoms with Crippen molar-refractivity contribution in [2.24, 2.45) is 0 Å². The Hall–Kier alpha value is -1.47. The smallest absolute Gasteiger partial charge is 0.325 e. The highest BCUT2D eigenvalue weighted by atomic mass is 16.5. The standard InChI is InChI=1S/C11H17N3O4/c1-3-9-12-10(18-13-9)6-14-4-5-17-7-8(14)11(15)16-2/h8H,3-7H2,1-2H3. The van der Waals surface area contributed by atoms with Crippen molar-refractivity contribution in [2.45, 2.75) is 25.9 Å². The normalized spacial score (nSPS) is 20.9. The van der Waals surface area contributed by atoms with Gasteiger partial charge in [-0.1, -0.05) is 12.1 Å². The molecule has 1 aliphatic heterocycles. The van der Waals surface area contributed by atoms with Crippen LogP contribution in [0.25, 0.3) is 0 Å². The molecule has 0 radical (unpaired) electrons. The van der Waals surface area contributed by atoms with E-state index in [0.717, 1.165) is 6.42 Å². The molecule has 0 aromatic carbocycles. The van der Waals surface area contributed by atoms with Crippen molar-refractivity contribution in [3.63, 3.8) is 0 Å². The summed E-state index contributed by atoms with van der Waals surface area (Å²) in [4.78, 5) is 17.8. The molecule has 1 aromatic rings. The van der Waals surface area contributed by atoms with E-state index in [-0.39, 0.29) is 5.97 Å². The number of aromatic nitrogens is 2. The van der Waals surface area contributed by atoms with Crippen LogP contribution in [0.3, 0.4) is 0 Å². The minimum Gasteiger partial charge on any atom is -0.468 e. The summed E-state index contributed by atoms with van der Waals surface area (Å²) in [6.45, 7) is 3.96. The molecule has 1 atom stereocenters. The molecular formula is C11H17N3O4. The predicted molar refractivity (Wildman–Crippen MR) is 60.7 cm³/mol. The Morgan fingerprint density at radius 3 is 3.11 bits per heavy atom. The molecule has 0 saturated carbocycles. The van der Waals surface area contributed by atoms with Gasteiger partial charge in [0.15, 0.2) is 5.82 Å². The topological polar surface area (TPSA) is 77.7 Å². The van der Waals surface area contributed by atoms with Gasteiger partial charge in [-0.2, -0.15) is 4.98 Å². The SMILES string of the molecule is CCc1noc(CN2CCOCC2C(=O)OC)n1. The molecular weight excluding hydrogens is 238 g/mol. The summed E-state index contributed by atoms with van der Waals surface area (Å²) >= 11 is 0. The molecule has 1 fully saturated rings. The molecule has 18 heavy (non-hydrogen) atoms. The summed E-state index contributed by atoms with van der Waals surface area (Å²) in [6, 6.07) is -0.402. The van der Waals surface area contributed by atoms with Crippen molar-refractivity contribution in [3.05, 3.63) is 11.7 Å². The van der Waals surface area contributed by atoms with Gasteiger partial charge in [0.05, 0.1) is 26.9 Å². The van der Waals surface area contributed by atoms with E-state index in [4.69, 9.17) is 14.0 Å². The summed E-state index contributed by atoms with van der Waals surface area (Å²) in [6.07, 6.45) is 0.729. The van der Waals surface area contributed by atoms with Crippen LogP contribution in [0.2, 0.25) is 0 Å². The zero-order valence-electron chi connectivity index (χ0n) is 10.6. The quantitative estimate of drug-likeness (QED) is 0.701. The maximum Gasteiger partial charge on any atom is 0.325 e. The molecule has 7 nitrogen and oxygen atoms in total. The Bertz CT molecular complexity index is 407. The molecule has 7 heteroatoms. The summed E-state index contributed by atoms with van der Waals surface area (Å²) < 4.78 is 15.2. The van der Waals surface area contributed by atoms with E-state index in [9.17, 15) is 4.79 Å². The van der Waals surface area contributed by atoms with Crippen molar-refractivity contribution in [2.75, 3.05) is 26.9 Å². The molecule has 0 spiro atoms. The Morgan fingerprint density at radius 2 is 2.44 bits per heavy atom. The molecule has 0 N–H and O–H groups in total. The number of morpholine rings is 1. The van der Waals surface area contributed by atoms with Crippen LogP contribution in [-0.4, -0.2) is 53.9 Å². The number of esters is 1. The second-order valence-electron chi connectivity index (χ2n) is 4.04. The minimum absolute atomic E-state index is 0.301. The largest absolute Gasteiger partial charge is 0.468 e. The number of hydrogen-bond acceptors (Lipinski definition) is 7. The highest BCUT2D eigenvalue weighted by molar-refractivity contribution is 5.75. The van der Waals surface area contributed by atoms with Crippen LogP contribution >= 0.6 is 0 Å². The van der Waals surface area contributed by atoms with Gasteiger partial charge in [0.2, 0.25) is 5.89 Å². The lowest BCUT2D eigenvalue weighted by molar-refractivity contribution is -0.153. The molecule has 1 aliphatic rings. The maximum atomic E-state index is 11.6. The van der Waals surface area contributed by atoms with Gasteiger partial charge in [-0.05, 0) is 0 Å². The third-order valence-corrected chi connectivity index (χ3v) is 2.88. The van der Waals surface area contributed by atoms with E-state index in [1.54, 1.807) is 0 Å². The van der Waals surface area contributed by atoms with Gasteiger partial charge in [-0.25, -0.2) is 0 Å². The second kappa shape index (κ2) is 5.92. The maximum absolute atomic E-state index is 11.6. The number of nitrogens with zero attached hydrogens (tertiary/aromatic N) is 3. The van der Waals surface area contributed by atoms with Crippen LogP contribution in [0.15, 0.2) is 4.52 Å². The lowest BCUT2D eigenvalue weighted by atomic mass is 10.2. The second-order valence-corrected chi connectivity index (χ2v) is 4.04. The Kier molecular flexibility index (Phi) is 4.27. The van der Waals surface area contributed by atoms with E-state index in [0.29, 0.717) is 38.0 Å². The third-order valence-electron chi connectivity index (χ3n) is 2.88. The van der Waals surface area contributed by atoms with E-state index >= 15 is 0 Å². The highest BCUT2D eigenvalue weighted by Crippen LogP contribution is 2.12. The Balaban J connectivity index is 2.02. The molecule has 0 bridgehead atoms. The monoisotopic (exact) mass is 255 g/mol. The number of rotatable bonds is 4. The highest BCUT2D eigenvalue weighted by Gasteiger charge is 2.31. The van der Waals surface area contributed by atoms with E-state index in [2.05, 4.69) is 10.1 Å². The first-order valence-electron chi connectivity index (χ1n) is 5.95. The molecule has 2 rings (SSSR count). The number of carbonyl (C=O) groups is 1. The number of carbonyl (C=O) groups excluding carboxylic acids is 1. The molecule has 2 heterocycles. The fraction of sp³-hybridized carbons (Fsp3) is 0.727. The van der Waals surface area contributed by atoms with Gasteiger partial charge in [-0.3, -0.25) is 9.69 Å². The van der Waals surface area contributed by atoms with Crippen molar-refractivity contribution in [3.8, 4) is 0 Å². The van der Waals surface area contributed by atoms with Gasteiger partial charge >= 0.3 is 5.97 Å². The molecule has 1 aromatic heterocycles. The Labute approximate surface area is 105 Å². The van der Waals surface area contributed by atoms with Crippen molar-refractivity contribution >= 4 is 5.97 Å². The van der Waals surface area contributed by atoms with Crippen LogP contribution in [-0.2, 0) is 27.2 Å². The Morgan fingerprint density at radius 1 is 1.61 bits per heavy atom. The van der Waals surface area contributed by atoms with Crippen LogP contribution in [0.4, 0.5) is 0 Å². The zero-order valence-corrected chi connectivity index (χ0v) is 10.6. The first-order chi connectivity index (χ1) is 8.74. The first kappa shape index (κ1) is 13.0. The molecule has 1 saturated heterocycles. The molecule has 0 amide bonds. The van der Waals surface area contributed by atoms with Gasteiger partial charge < -0.3 is 14.0 Å². The van der Waals surface area contributed by atoms with Crippen molar-refractivity contribution in [1.82, 2.24) is 15.0 Å². The number of aryl methyl sites for hydroxylation is 1. The lowest BCUT2D eigenvalue weighted by Crippen LogP contribution is -2.49. The molecule has 0 aliphatic carbocycles. The minimum atomic E-state index is -0.402. The number of ether oxygens (including phenoxy) is 2. The van der Waals surface area contributed by atoms with Crippen LogP contribution < -0.4 is 0 Å². The summed E-state index contributed by atoms with van der Waals surface area (Å²) in [5.41, 5.74) is 0. The van der Waals surface area contributed by atoms with E-state index in [1.165, 1.54) is 7.11 Å².